The monoisotopic (exact) mass is 229 g/mol. The molecule has 1 unspecified atom stereocenters. The van der Waals surface area contributed by atoms with Crippen molar-refractivity contribution in [2.24, 2.45) is 0 Å². The van der Waals surface area contributed by atoms with Crippen molar-refractivity contribution in [1.82, 2.24) is 5.32 Å². The van der Waals surface area contributed by atoms with Crippen molar-refractivity contribution in [2.75, 3.05) is 27.3 Å². The van der Waals surface area contributed by atoms with Gasteiger partial charge in [-0.05, 0) is 23.4 Å². The highest BCUT2D eigenvalue weighted by Crippen LogP contribution is 2.25. The summed E-state index contributed by atoms with van der Waals surface area (Å²) in [7, 11) is 3.74. The Labute approximate surface area is 103 Å². The van der Waals surface area contributed by atoms with E-state index in [-0.39, 0.29) is 0 Å². The summed E-state index contributed by atoms with van der Waals surface area (Å²) in [5.41, 5.74) is 1.36. The van der Waals surface area contributed by atoms with Gasteiger partial charge in [-0.3, -0.25) is 0 Å². The highest BCUT2D eigenvalue weighted by atomic mass is 16.5. The number of hydrogen-bond donors (Lipinski definition) is 1. The van der Waals surface area contributed by atoms with Crippen LogP contribution >= 0.6 is 0 Å². The number of fused-ring (bicyclic) bond motifs is 1. The van der Waals surface area contributed by atoms with Crippen LogP contribution in [0, 0.1) is 0 Å². The van der Waals surface area contributed by atoms with E-state index in [2.05, 4.69) is 47.8 Å². The second-order valence-corrected chi connectivity index (χ2v) is 4.28. The van der Waals surface area contributed by atoms with Crippen LogP contribution in [0.25, 0.3) is 10.8 Å². The molecule has 0 aliphatic carbocycles. The third-order valence-corrected chi connectivity index (χ3v) is 3.08. The van der Waals surface area contributed by atoms with E-state index in [4.69, 9.17) is 4.74 Å². The molecule has 0 aromatic heterocycles. The molecule has 0 saturated heterocycles. The molecule has 1 atom stereocenters. The Kier molecular flexibility index (Phi) is 4.13. The van der Waals surface area contributed by atoms with Crippen molar-refractivity contribution in [3.8, 4) is 0 Å². The summed E-state index contributed by atoms with van der Waals surface area (Å²) >= 11 is 0. The standard InChI is InChI=1S/C15H19NO/c1-16-10-13(11-17-2)15-9-5-7-12-6-3-4-8-14(12)15/h3-9,13,16H,10-11H2,1-2H3. The molecule has 0 radical (unpaired) electrons. The smallest absolute Gasteiger partial charge is 0.0543 e. The number of rotatable bonds is 5. The molecular weight excluding hydrogens is 210 g/mol. The fourth-order valence-corrected chi connectivity index (χ4v) is 2.31. The van der Waals surface area contributed by atoms with Crippen molar-refractivity contribution in [2.45, 2.75) is 5.92 Å². The van der Waals surface area contributed by atoms with Crippen molar-refractivity contribution < 1.29 is 4.74 Å². The maximum Gasteiger partial charge on any atom is 0.0543 e. The van der Waals surface area contributed by atoms with E-state index in [9.17, 15) is 0 Å². The fraction of sp³-hybridized carbons (Fsp3) is 0.333. The van der Waals surface area contributed by atoms with Gasteiger partial charge >= 0.3 is 0 Å². The van der Waals surface area contributed by atoms with Gasteiger partial charge in [0.2, 0.25) is 0 Å². The molecule has 0 saturated carbocycles. The Hall–Kier alpha value is -1.38. The van der Waals surface area contributed by atoms with Crippen LogP contribution < -0.4 is 5.32 Å². The molecule has 0 aliphatic heterocycles. The lowest BCUT2D eigenvalue weighted by Crippen LogP contribution is -2.21. The van der Waals surface area contributed by atoms with Gasteiger partial charge in [0.1, 0.15) is 0 Å². The number of methoxy groups -OCH3 is 1. The van der Waals surface area contributed by atoms with Gasteiger partial charge in [0, 0.05) is 19.6 Å². The van der Waals surface area contributed by atoms with E-state index < -0.39 is 0 Å². The van der Waals surface area contributed by atoms with Gasteiger partial charge < -0.3 is 10.1 Å². The largest absolute Gasteiger partial charge is 0.384 e. The van der Waals surface area contributed by atoms with Gasteiger partial charge in [-0.2, -0.15) is 0 Å². The SMILES string of the molecule is CNCC(COC)c1cccc2ccccc12. The zero-order valence-corrected chi connectivity index (χ0v) is 10.4. The molecule has 1 N–H and O–H groups in total. The van der Waals surface area contributed by atoms with E-state index in [0.29, 0.717) is 5.92 Å². The second-order valence-electron chi connectivity index (χ2n) is 4.28. The molecule has 90 valence electrons. The summed E-state index contributed by atoms with van der Waals surface area (Å²) in [6, 6.07) is 15.0. The van der Waals surface area contributed by atoms with Crippen molar-refractivity contribution >= 4 is 10.8 Å². The summed E-state index contributed by atoms with van der Waals surface area (Å²) < 4.78 is 5.32. The first-order valence-electron chi connectivity index (χ1n) is 5.98. The molecule has 2 aromatic rings. The molecule has 17 heavy (non-hydrogen) atoms. The van der Waals surface area contributed by atoms with Gasteiger partial charge in [0.25, 0.3) is 0 Å². The average Bonchev–Trinajstić information content (AvgIpc) is 2.38. The molecule has 0 amide bonds. The van der Waals surface area contributed by atoms with Gasteiger partial charge in [-0.25, -0.2) is 0 Å². The number of benzene rings is 2. The predicted octanol–water partition coefficient (Wildman–Crippen LogP) is 2.79. The third kappa shape index (κ3) is 2.65. The first kappa shape index (κ1) is 12.1. The van der Waals surface area contributed by atoms with Crippen molar-refractivity contribution in [1.29, 1.82) is 0 Å². The average molecular weight is 229 g/mol. The minimum Gasteiger partial charge on any atom is -0.384 e. The maximum absolute atomic E-state index is 5.32. The summed E-state index contributed by atoms with van der Waals surface area (Å²) in [4.78, 5) is 0. The van der Waals surface area contributed by atoms with Crippen LogP contribution in [0.2, 0.25) is 0 Å². The predicted molar refractivity (Wildman–Crippen MR) is 72.5 cm³/mol. The van der Waals surface area contributed by atoms with Gasteiger partial charge in [0.05, 0.1) is 6.61 Å². The Balaban J connectivity index is 2.44. The first-order chi connectivity index (χ1) is 8.36. The van der Waals surface area contributed by atoms with Crippen molar-refractivity contribution in [3.05, 3.63) is 48.0 Å². The lowest BCUT2D eigenvalue weighted by atomic mass is 9.94. The molecular formula is C15H19NO. The Morgan fingerprint density at radius 3 is 2.65 bits per heavy atom. The minimum atomic E-state index is 0.399. The Morgan fingerprint density at radius 1 is 1.12 bits per heavy atom. The molecule has 2 nitrogen and oxygen atoms in total. The zero-order chi connectivity index (χ0) is 12.1. The molecule has 2 aromatic carbocycles. The van der Waals surface area contributed by atoms with Crippen LogP contribution in [0.5, 0.6) is 0 Å². The van der Waals surface area contributed by atoms with Crippen LogP contribution in [-0.4, -0.2) is 27.3 Å². The summed E-state index contributed by atoms with van der Waals surface area (Å²) in [5.74, 6) is 0.399. The van der Waals surface area contributed by atoms with Crippen LogP contribution in [0.1, 0.15) is 11.5 Å². The topological polar surface area (TPSA) is 21.3 Å². The Bertz CT molecular complexity index is 470. The lowest BCUT2D eigenvalue weighted by Gasteiger charge is -2.18. The number of nitrogens with one attached hydrogen (secondary N) is 1. The molecule has 2 heteroatoms. The molecule has 0 aliphatic rings. The van der Waals surface area contributed by atoms with Crippen LogP contribution in [-0.2, 0) is 4.74 Å². The van der Waals surface area contributed by atoms with E-state index in [1.54, 1.807) is 7.11 Å². The number of hydrogen-bond acceptors (Lipinski definition) is 2. The van der Waals surface area contributed by atoms with E-state index in [1.807, 2.05) is 7.05 Å². The summed E-state index contributed by atoms with van der Waals surface area (Å²) in [6.07, 6.45) is 0. The highest BCUT2D eigenvalue weighted by Gasteiger charge is 2.12. The van der Waals surface area contributed by atoms with Gasteiger partial charge in [-0.1, -0.05) is 42.5 Å². The van der Waals surface area contributed by atoms with Crippen molar-refractivity contribution in [3.63, 3.8) is 0 Å². The highest BCUT2D eigenvalue weighted by molar-refractivity contribution is 5.86. The summed E-state index contributed by atoms with van der Waals surface area (Å²) in [5, 5.41) is 5.86. The maximum atomic E-state index is 5.32. The minimum absolute atomic E-state index is 0.399. The van der Waals surface area contributed by atoms with Crippen LogP contribution in [0.3, 0.4) is 0 Å². The fourth-order valence-electron chi connectivity index (χ4n) is 2.31. The molecule has 0 fully saturated rings. The van der Waals surface area contributed by atoms with Crippen LogP contribution in [0.15, 0.2) is 42.5 Å². The van der Waals surface area contributed by atoms with E-state index in [1.165, 1.54) is 16.3 Å². The molecule has 0 spiro atoms. The Morgan fingerprint density at radius 2 is 1.88 bits per heavy atom. The summed E-state index contributed by atoms with van der Waals surface area (Å²) in [6.45, 7) is 1.68. The van der Waals surface area contributed by atoms with E-state index in [0.717, 1.165) is 13.2 Å². The first-order valence-corrected chi connectivity index (χ1v) is 5.98. The number of ether oxygens (including phenoxy) is 1. The zero-order valence-electron chi connectivity index (χ0n) is 10.4. The molecule has 0 heterocycles. The lowest BCUT2D eigenvalue weighted by molar-refractivity contribution is 0.179. The van der Waals surface area contributed by atoms with E-state index >= 15 is 0 Å². The van der Waals surface area contributed by atoms with Gasteiger partial charge in [0.15, 0.2) is 0 Å². The third-order valence-electron chi connectivity index (χ3n) is 3.08. The quantitative estimate of drug-likeness (QED) is 0.851. The van der Waals surface area contributed by atoms with Crippen LogP contribution in [0.4, 0.5) is 0 Å². The normalized spacial score (nSPS) is 12.8. The number of likely N-dealkylation sites (N-methyl/N-ethyl adjacent to an activating group) is 1. The van der Waals surface area contributed by atoms with Gasteiger partial charge in [-0.15, -0.1) is 0 Å². The second kappa shape index (κ2) is 5.80. The molecule has 0 bridgehead atoms. The molecule has 2 rings (SSSR count).